The lowest BCUT2D eigenvalue weighted by Crippen LogP contribution is -2.33. The van der Waals surface area contributed by atoms with Crippen molar-refractivity contribution < 1.29 is 9.13 Å². The SMILES string of the molecule is COc1ccc(CC(CCl)(CCl)c2ccccc2)cc1F. The first-order valence-corrected chi connectivity index (χ1v) is 7.72. The van der Waals surface area contributed by atoms with Gasteiger partial charge in [-0.3, -0.25) is 0 Å². The van der Waals surface area contributed by atoms with Crippen LogP contribution in [0.4, 0.5) is 4.39 Å². The second kappa shape index (κ2) is 7.15. The zero-order valence-corrected chi connectivity index (χ0v) is 13.3. The van der Waals surface area contributed by atoms with Crippen LogP contribution in [-0.4, -0.2) is 18.9 Å². The van der Waals surface area contributed by atoms with E-state index < -0.39 is 5.41 Å². The van der Waals surface area contributed by atoms with Crippen LogP contribution in [0.25, 0.3) is 0 Å². The van der Waals surface area contributed by atoms with Gasteiger partial charge in [0.2, 0.25) is 0 Å². The standard InChI is InChI=1S/C17H17Cl2FO/c1-21-16-8-7-13(9-15(16)20)10-17(11-18,12-19)14-5-3-2-4-6-14/h2-9H,10-12H2,1H3. The lowest BCUT2D eigenvalue weighted by atomic mass is 9.79. The molecule has 0 atom stereocenters. The first kappa shape index (κ1) is 16.1. The maximum absolute atomic E-state index is 13.8. The molecule has 2 aromatic carbocycles. The number of benzene rings is 2. The molecule has 0 heterocycles. The van der Waals surface area contributed by atoms with Gasteiger partial charge in [-0.2, -0.15) is 0 Å². The number of ether oxygens (including phenoxy) is 1. The molecular formula is C17H17Cl2FO. The molecule has 0 spiro atoms. The quantitative estimate of drug-likeness (QED) is 0.693. The van der Waals surface area contributed by atoms with Crippen molar-refractivity contribution in [3.8, 4) is 5.75 Å². The number of methoxy groups -OCH3 is 1. The third kappa shape index (κ3) is 3.50. The minimum atomic E-state index is -0.411. The molecule has 0 aromatic heterocycles. The fourth-order valence-corrected chi connectivity index (χ4v) is 3.17. The smallest absolute Gasteiger partial charge is 0.165 e. The van der Waals surface area contributed by atoms with Gasteiger partial charge in [-0.1, -0.05) is 36.4 Å². The zero-order valence-electron chi connectivity index (χ0n) is 11.8. The molecule has 0 fully saturated rings. The van der Waals surface area contributed by atoms with Crippen molar-refractivity contribution in [1.82, 2.24) is 0 Å². The van der Waals surface area contributed by atoms with Crippen LogP contribution in [0.3, 0.4) is 0 Å². The Labute approximate surface area is 134 Å². The van der Waals surface area contributed by atoms with E-state index in [0.29, 0.717) is 18.2 Å². The molecule has 1 nitrogen and oxygen atoms in total. The highest BCUT2D eigenvalue weighted by Gasteiger charge is 2.31. The van der Waals surface area contributed by atoms with Gasteiger partial charge in [0, 0.05) is 17.2 Å². The molecular weight excluding hydrogens is 310 g/mol. The molecule has 2 aromatic rings. The highest BCUT2D eigenvalue weighted by atomic mass is 35.5. The van der Waals surface area contributed by atoms with Crippen LogP contribution in [0, 0.1) is 5.82 Å². The van der Waals surface area contributed by atoms with Crippen LogP contribution in [0.2, 0.25) is 0 Å². The summed E-state index contributed by atoms with van der Waals surface area (Å²) in [5, 5.41) is 0. The molecule has 0 radical (unpaired) electrons. The molecule has 2 rings (SSSR count). The molecule has 4 heteroatoms. The monoisotopic (exact) mass is 326 g/mol. The third-order valence-corrected chi connectivity index (χ3v) is 4.68. The summed E-state index contributed by atoms with van der Waals surface area (Å²) in [6.45, 7) is 0. The van der Waals surface area contributed by atoms with Gasteiger partial charge in [-0.15, -0.1) is 23.2 Å². The normalized spacial score (nSPS) is 11.4. The van der Waals surface area contributed by atoms with Gasteiger partial charge < -0.3 is 4.74 Å². The van der Waals surface area contributed by atoms with E-state index in [9.17, 15) is 4.39 Å². The highest BCUT2D eigenvalue weighted by Crippen LogP contribution is 2.32. The fraction of sp³-hybridized carbons (Fsp3) is 0.294. The maximum atomic E-state index is 13.8. The zero-order chi connectivity index (χ0) is 15.3. The first-order chi connectivity index (χ1) is 10.1. The molecule has 0 saturated carbocycles. The summed E-state index contributed by atoms with van der Waals surface area (Å²) in [7, 11) is 1.45. The third-order valence-electron chi connectivity index (χ3n) is 3.66. The molecule has 0 bridgehead atoms. The summed E-state index contributed by atoms with van der Waals surface area (Å²) in [4.78, 5) is 0. The Bertz CT molecular complexity index is 583. The van der Waals surface area contributed by atoms with Gasteiger partial charge in [0.15, 0.2) is 11.6 Å². The van der Waals surface area contributed by atoms with E-state index in [1.165, 1.54) is 13.2 Å². The largest absolute Gasteiger partial charge is 0.494 e. The molecule has 0 aliphatic carbocycles. The Kier molecular flexibility index (Phi) is 5.49. The van der Waals surface area contributed by atoms with Gasteiger partial charge in [0.1, 0.15) is 0 Å². The van der Waals surface area contributed by atoms with E-state index in [4.69, 9.17) is 27.9 Å². The van der Waals surface area contributed by atoms with Crippen LogP contribution in [0.15, 0.2) is 48.5 Å². The average Bonchev–Trinajstić information content (AvgIpc) is 2.54. The topological polar surface area (TPSA) is 9.23 Å². The van der Waals surface area contributed by atoms with Crippen molar-refractivity contribution >= 4 is 23.2 Å². The summed E-state index contributed by atoms with van der Waals surface area (Å²) >= 11 is 12.4. The summed E-state index contributed by atoms with van der Waals surface area (Å²) < 4.78 is 18.8. The first-order valence-electron chi connectivity index (χ1n) is 6.65. The van der Waals surface area contributed by atoms with Gasteiger partial charge in [-0.25, -0.2) is 4.39 Å². The van der Waals surface area contributed by atoms with E-state index >= 15 is 0 Å². The van der Waals surface area contributed by atoms with Gasteiger partial charge in [0.05, 0.1) is 7.11 Å². The number of halogens is 3. The number of rotatable bonds is 6. The summed E-state index contributed by atoms with van der Waals surface area (Å²) in [5.41, 5.74) is 1.50. The van der Waals surface area contributed by atoms with Crippen LogP contribution < -0.4 is 4.74 Å². The molecule has 21 heavy (non-hydrogen) atoms. The summed E-state index contributed by atoms with van der Waals surface area (Å²) in [6, 6.07) is 14.8. The van der Waals surface area contributed by atoms with Crippen molar-refractivity contribution in [2.24, 2.45) is 0 Å². The molecule has 0 saturated heterocycles. The Balaban J connectivity index is 2.34. The minimum absolute atomic E-state index is 0.237. The Morgan fingerprint density at radius 1 is 1.05 bits per heavy atom. The van der Waals surface area contributed by atoms with Gasteiger partial charge >= 0.3 is 0 Å². The van der Waals surface area contributed by atoms with Crippen molar-refractivity contribution in [2.75, 3.05) is 18.9 Å². The maximum Gasteiger partial charge on any atom is 0.165 e. The fourth-order valence-electron chi connectivity index (χ4n) is 2.39. The number of hydrogen-bond acceptors (Lipinski definition) is 1. The summed E-state index contributed by atoms with van der Waals surface area (Å²) in [5.74, 6) is 0.601. The second-order valence-corrected chi connectivity index (χ2v) is 5.59. The van der Waals surface area contributed by atoms with Crippen LogP contribution in [0.1, 0.15) is 11.1 Å². The van der Waals surface area contributed by atoms with E-state index in [-0.39, 0.29) is 11.6 Å². The number of hydrogen-bond donors (Lipinski definition) is 0. The number of alkyl halides is 2. The predicted octanol–water partition coefficient (Wildman–Crippen LogP) is 4.79. The molecule has 0 N–H and O–H groups in total. The lowest BCUT2D eigenvalue weighted by Gasteiger charge is -2.30. The molecule has 0 amide bonds. The Morgan fingerprint density at radius 3 is 2.24 bits per heavy atom. The van der Waals surface area contributed by atoms with Crippen molar-refractivity contribution in [2.45, 2.75) is 11.8 Å². The lowest BCUT2D eigenvalue weighted by molar-refractivity contribution is 0.385. The van der Waals surface area contributed by atoms with Crippen molar-refractivity contribution in [1.29, 1.82) is 0 Å². The molecule has 0 aliphatic heterocycles. The molecule has 0 unspecified atom stereocenters. The summed E-state index contributed by atoms with van der Waals surface area (Å²) in [6.07, 6.45) is 0.574. The van der Waals surface area contributed by atoms with E-state index in [1.54, 1.807) is 6.07 Å². The molecule has 0 aliphatic rings. The second-order valence-electron chi connectivity index (χ2n) is 5.06. The Hall–Kier alpha value is -1.25. The van der Waals surface area contributed by atoms with E-state index in [2.05, 4.69) is 0 Å². The highest BCUT2D eigenvalue weighted by molar-refractivity contribution is 6.22. The minimum Gasteiger partial charge on any atom is -0.494 e. The van der Waals surface area contributed by atoms with E-state index in [1.807, 2.05) is 36.4 Å². The van der Waals surface area contributed by atoms with Crippen LogP contribution in [0.5, 0.6) is 5.75 Å². The Morgan fingerprint density at radius 2 is 1.71 bits per heavy atom. The van der Waals surface area contributed by atoms with Crippen LogP contribution in [-0.2, 0) is 11.8 Å². The van der Waals surface area contributed by atoms with Crippen molar-refractivity contribution in [3.05, 3.63) is 65.5 Å². The van der Waals surface area contributed by atoms with E-state index in [0.717, 1.165) is 11.1 Å². The van der Waals surface area contributed by atoms with Gasteiger partial charge in [0.25, 0.3) is 0 Å². The van der Waals surface area contributed by atoms with Crippen LogP contribution >= 0.6 is 23.2 Å². The van der Waals surface area contributed by atoms with Gasteiger partial charge in [-0.05, 0) is 29.7 Å². The predicted molar refractivity (Wildman–Crippen MR) is 86.2 cm³/mol. The van der Waals surface area contributed by atoms with Crippen molar-refractivity contribution in [3.63, 3.8) is 0 Å². The average molecular weight is 327 g/mol. The molecule has 112 valence electrons.